The Labute approximate surface area is 186 Å². The standard InChI is InChI=1S/C24H21F3N3OP/c25-20-12-11-18(15-19(20)24(22(26)27)13-14-31-23(29-24)30-32)28-21(16-7-3-1-4-8-16)17-9-5-2-6-10-17/h1-12,15,22H,13-14,32H2,(H,29,30)/t24-/m0/s1. The Morgan fingerprint density at radius 1 is 1.00 bits per heavy atom. The van der Waals surface area contributed by atoms with E-state index in [1.165, 1.54) is 12.1 Å². The number of halogens is 3. The van der Waals surface area contributed by atoms with Crippen LogP contribution in [0.2, 0.25) is 0 Å². The van der Waals surface area contributed by atoms with Crippen LogP contribution >= 0.6 is 9.39 Å². The molecular weight excluding hydrogens is 434 g/mol. The van der Waals surface area contributed by atoms with Crippen molar-refractivity contribution in [1.82, 2.24) is 5.09 Å². The van der Waals surface area contributed by atoms with Crippen molar-refractivity contribution in [2.45, 2.75) is 18.4 Å². The highest BCUT2D eigenvalue weighted by molar-refractivity contribution is 7.15. The molecule has 4 rings (SSSR count). The van der Waals surface area contributed by atoms with Crippen LogP contribution in [-0.2, 0) is 10.3 Å². The molecule has 0 bridgehead atoms. The van der Waals surface area contributed by atoms with E-state index in [1.807, 2.05) is 60.7 Å². The Balaban J connectivity index is 1.86. The molecule has 0 radical (unpaired) electrons. The molecule has 0 saturated carbocycles. The summed E-state index contributed by atoms with van der Waals surface area (Å²) in [5, 5.41) is 2.55. The number of nitrogens with zero attached hydrogens (tertiary/aromatic N) is 2. The maximum Gasteiger partial charge on any atom is 0.288 e. The third kappa shape index (κ3) is 4.39. The lowest BCUT2D eigenvalue weighted by Crippen LogP contribution is -2.41. The summed E-state index contributed by atoms with van der Waals surface area (Å²) in [6, 6.07) is 22.9. The lowest BCUT2D eigenvalue weighted by Gasteiger charge is -2.33. The van der Waals surface area contributed by atoms with Crippen molar-refractivity contribution < 1.29 is 17.9 Å². The average Bonchev–Trinajstić information content (AvgIpc) is 2.84. The topological polar surface area (TPSA) is 46.0 Å². The Kier molecular flexibility index (Phi) is 6.56. The molecule has 3 aromatic rings. The third-order valence-corrected chi connectivity index (χ3v) is 5.51. The molecule has 1 heterocycles. The summed E-state index contributed by atoms with van der Waals surface area (Å²) in [4.78, 5) is 8.75. The van der Waals surface area contributed by atoms with Crippen molar-refractivity contribution in [1.29, 1.82) is 0 Å². The molecule has 0 aliphatic carbocycles. The number of hydrogen-bond acceptors (Lipinski definition) is 4. The highest BCUT2D eigenvalue weighted by Gasteiger charge is 2.46. The zero-order valence-electron chi connectivity index (χ0n) is 17.0. The fraction of sp³-hybridized carbons (Fsp3) is 0.167. The second-order valence-corrected chi connectivity index (χ2v) is 7.53. The van der Waals surface area contributed by atoms with Crippen LogP contribution in [0, 0.1) is 5.82 Å². The highest BCUT2D eigenvalue weighted by atomic mass is 31.0. The highest BCUT2D eigenvalue weighted by Crippen LogP contribution is 2.41. The van der Waals surface area contributed by atoms with Crippen LogP contribution in [-0.4, -0.2) is 24.8 Å². The first-order valence-corrected chi connectivity index (χ1v) is 10.6. The average molecular weight is 455 g/mol. The first-order valence-electron chi connectivity index (χ1n) is 10.0. The Morgan fingerprint density at radius 3 is 2.19 bits per heavy atom. The number of aliphatic imine (C=N–C) groups is 2. The summed E-state index contributed by atoms with van der Waals surface area (Å²) in [5.41, 5.74) is 0.435. The molecule has 32 heavy (non-hydrogen) atoms. The van der Waals surface area contributed by atoms with E-state index in [2.05, 4.69) is 19.5 Å². The van der Waals surface area contributed by atoms with E-state index in [9.17, 15) is 13.2 Å². The Morgan fingerprint density at radius 2 is 1.62 bits per heavy atom. The van der Waals surface area contributed by atoms with Gasteiger partial charge in [0.05, 0.1) is 18.0 Å². The van der Waals surface area contributed by atoms with Gasteiger partial charge in [-0.25, -0.2) is 23.2 Å². The van der Waals surface area contributed by atoms with Crippen molar-refractivity contribution >= 4 is 26.8 Å². The molecule has 1 N–H and O–H groups in total. The Hall–Kier alpha value is -3.18. The molecule has 8 heteroatoms. The monoisotopic (exact) mass is 455 g/mol. The molecule has 0 fully saturated rings. The summed E-state index contributed by atoms with van der Waals surface area (Å²) in [7, 11) is 2.15. The number of rotatable bonds is 5. The SMILES string of the molecule is Fc1ccc(N=C(c2ccccc2)c2ccccc2)cc1[C@]1(C(F)F)CCOC(NP)=N1. The molecule has 1 aliphatic heterocycles. The number of alkyl halides is 2. The summed E-state index contributed by atoms with van der Waals surface area (Å²) < 4.78 is 48.6. The quantitative estimate of drug-likeness (QED) is 0.402. The van der Waals surface area contributed by atoms with Gasteiger partial charge >= 0.3 is 0 Å². The van der Waals surface area contributed by atoms with Crippen molar-refractivity contribution in [2.24, 2.45) is 9.98 Å². The first-order chi connectivity index (χ1) is 15.5. The molecule has 1 aliphatic rings. The van der Waals surface area contributed by atoms with E-state index < -0.39 is 17.8 Å². The molecule has 0 aromatic heterocycles. The van der Waals surface area contributed by atoms with Gasteiger partial charge in [-0.3, -0.25) is 0 Å². The van der Waals surface area contributed by atoms with Crippen LogP contribution in [0.3, 0.4) is 0 Å². The predicted octanol–water partition coefficient (Wildman–Crippen LogP) is 5.61. The van der Waals surface area contributed by atoms with Crippen LogP contribution in [0.15, 0.2) is 88.8 Å². The number of ether oxygens (including phenoxy) is 1. The molecule has 2 atom stereocenters. The molecule has 164 valence electrons. The lowest BCUT2D eigenvalue weighted by atomic mass is 9.86. The van der Waals surface area contributed by atoms with E-state index in [-0.39, 0.29) is 24.6 Å². The smallest absolute Gasteiger partial charge is 0.288 e. The number of hydrogen-bond donors (Lipinski definition) is 1. The van der Waals surface area contributed by atoms with Gasteiger partial charge in [-0.2, -0.15) is 0 Å². The number of benzene rings is 3. The van der Waals surface area contributed by atoms with Gasteiger partial charge in [0, 0.05) is 23.1 Å². The van der Waals surface area contributed by atoms with Gasteiger partial charge in [-0.05, 0) is 27.6 Å². The van der Waals surface area contributed by atoms with Gasteiger partial charge in [-0.15, -0.1) is 0 Å². The van der Waals surface area contributed by atoms with Crippen LogP contribution in [0.25, 0.3) is 0 Å². The van der Waals surface area contributed by atoms with Crippen molar-refractivity contribution in [3.8, 4) is 0 Å². The molecule has 0 saturated heterocycles. The number of amidine groups is 1. The van der Waals surface area contributed by atoms with Gasteiger partial charge in [0.15, 0.2) is 5.54 Å². The largest absolute Gasteiger partial charge is 0.465 e. The van der Waals surface area contributed by atoms with Gasteiger partial charge in [0.1, 0.15) is 5.82 Å². The summed E-state index contributed by atoms with van der Waals surface area (Å²) in [5.74, 6) is -0.765. The van der Waals surface area contributed by atoms with Crippen LogP contribution in [0.1, 0.15) is 23.1 Å². The third-order valence-electron chi connectivity index (χ3n) is 5.26. The van der Waals surface area contributed by atoms with Gasteiger partial charge < -0.3 is 9.82 Å². The van der Waals surface area contributed by atoms with Gasteiger partial charge in [0.25, 0.3) is 12.4 Å². The second kappa shape index (κ2) is 9.53. The van der Waals surface area contributed by atoms with Crippen LogP contribution in [0.5, 0.6) is 0 Å². The van der Waals surface area contributed by atoms with Crippen molar-refractivity contribution in [3.05, 3.63) is 101 Å². The van der Waals surface area contributed by atoms with Crippen molar-refractivity contribution in [3.63, 3.8) is 0 Å². The van der Waals surface area contributed by atoms with E-state index >= 15 is 0 Å². The second-order valence-electron chi connectivity index (χ2n) is 7.24. The summed E-state index contributed by atoms with van der Waals surface area (Å²) in [6.45, 7) is -0.0171. The van der Waals surface area contributed by atoms with Crippen LogP contribution < -0.4 is 5.09 Å². The molecule has 4 nitrogen and oxygen atoms in total. The Bertz CT molecular complexity index is 1100. The van der Waals surface area contributed by atoms with Crippen molar-refractivity contribution in [2.75, 3.05) is 6.61 Å². The molecule has 1 unspecified atom stereocenters. The molecule has 3 aromatic carbocycles. The summed E-state index contributed by atoms with van der Waals surface area (Å²) >= 11 is 0. The molecular formula is C24H21F3N3OP. The van der Waals surface area contributed by atoms with Gasteiger partial charge in [-0.1, -0.05) is 60.7 Å². The van der Waals surface area contributed by atoms with E-state index in [1.54, 1.807) is 0 Å². The fourth-order valence-electron chi connectivity index (χ4n) is 3.65. The zero-order valence-corrected chi connectivity index (χ0v) is 18.2. The predicted molar refractivity (Wildman–Crippen MR) is 123 cm³/mol. The lowest BCUT2D eigenvalue weighted by molar-refractivity contribution is 0.0243. The zero-order chi connectivity index (χ0) is 22.6. The maximum atomic E-state index is 14.9. The fourth-order valence-corrected chi connectivity index (χ4v) is 3.80. The maximum absolute atomic E-state index is 14.9. The minimum absolute atomic E-state index is 0.0171. The normalized spacial score (nSPS) is 18.0. The minimum atomic E-state index is -2.93. The van der Waals surface area contributed by atoms with E-state index in [0.717, 1.165) is 17.2 Å². The summed E-state index contributed by atoms with van der Waals surface area (Å²) in [6.07, 6.45) is -3.09. The van der Waals surface area contributed by atoms with Crippen LogP contribution in [0.4, 0.5) is 18.9 Å². The van der Waals surface area contributed by atoms with Gasteiger partial charge in [0.2, 0.25) is 0 Å². The van der Waals surface area contributed by atoms with E-state index in [4.69, 9.17) is 9.73 Å². The number of nitrogens with one attached hydrogen (secondary N) is 1. The first kappa shape index (κ1) is 22.0. The molecule has 0 spiro atoms. The van der Waals surface area contributed by atoms with E-state index in [0.29, 0.717) is 11.4 Å². The molecule has 0 amide bonds. The minimum Gasteiger partial charge on any atom is -0.465 e.